The first kappa shape index (κ1) is 10.9. The first-order valence-electron chi connectivity index (χ1n) is 4.25. The Bertz CT molecular complexity index is 79.6. The van der Waals surface area contributed by atoms with E-state index in [1.54, 1.807) is 0 Å². The molecule has 0 N–H and O–H groups in total. The lowest BCUT2D eigenvalue weighted by molar-refractivity contribution is -0.0932. The standard InChI is InChI=1S/C9H19O2/c1-6-9(10-7(2)3)11-8(4)5/h7-8H,6H2,1-5H3. The van der Waals surface area contributed by atoms with Crippen LogP contribution in [0.2, 0.25) is 0 Å². The Morgan fingerprint density at radius 3 is 1.55 bits per heavy atom. The highest BCUT2D eigenvalue weighted by Gasteiger charge is 2.12. The molecule has 0 saturated carbocycles. The van der Waals surface area contributed by atoms with Crippen molar-refractivity contribution in [2.24, 2.45) is 0 Å². The van der Waals surface area contributed by atoms with E-state index in [0.717, 1.165) is 12.7 Å². The van der Waals surface area contributed by atoms with Gasteiger partial charge in [-0.25, -0.2) is 0 Å². The van der Waals surface area contributed by atoms with Gasteiger partial charge in [-0.05, 0) is 27.7 Å². The van der Waals surface area contributed by atoms with E-state index in [4.69, 9.17) is 9.47 Å². The van der Waals surface area contributed by atoms with E-state index in [0.29, 0.717) is 0 Å². The van der Waals surface area contributed by atoms with Gasteiger partial charge in [-0.15, -0.1) is 0 Å². The van der Waals surface area contributed by atoms with E-state index in [1.807, 2.05) is 34.6 Å². The highest BCUT2D eigenvalue weighted by atomic mass is 16.7. The molecule has 0 aliphatic carbocycles. The van der Waals surface area contributed by atoms with Crippen molar-refractivity contribution in [3.05, 3.63) is 6.29 Å². The average Bonchev–Trinajstić information content (AvgIpc) is 1.84. The molecule has 0 spiro atoms. The van der Waals surface area contributed by atoms with Crippen LogP contribution >= 0.6 is 0 Å². The fourth-order valence-electron chi connectivity index (χ4n) is 0.720. The van der Waals surface area contributed by atoms with E-state index >= 15 is 0 Å². The highest BCUT2D eigenvalue weighted by Crippen LogP contribution is 2.14. The molecule has 11 heavy (non-hydrogen) atoms. The summed E-state index contributed by atoms with van der Waals surface area (Å²) in [6.45, 7) is 10.0. The first-order chi connectivity index (χ1) is 5.06. The van der Waals surface area contributed by atoms with Crippen LogP contribution in [0, 0.1) is 6.29 Å². The Labute approximate surface area is 69.9 Å². The Morgan fingerprint density at radius 1 is 1.00 bits per heavy atom. The van der Waals surface area contributed by atoms with Gasteiger partial charge in [0, 0.05) is 6.42 Å². The highest BCUT2D eigenvalue weighted by molar-refractivity contribution is 4.64. The van der Waals surface area contributed by atoms with Crippen molar-refractivity contribution < 1.29 is 9.47 Å². The van der Waals surface area contributed by atoms with Crippen LogP contribution in [0.4, 0.5) is 0 Å². The third kappa shape index (κ3) is 6.32. The second-order valence-corrected chi connectivity index (χ2v) is 3.06. The molecule has 0 atom stereocenters. The first-order valence-corrected chi connectivity index (χ1v) is 4.25. The molecule has 0 rings (SSSR count). The normalized spacial score (nSPS) is 12.0. The summed E-state index contributed by atoms with van der Waals surface area (Å²) in [4.78, 5) is 0. The summed E-state index contributed by atoms with van der Waals surface area (Å²) in [5.74, 6) is 0. The van der Waals surface area contributed by atoms with Gasteiger partial charge >= 0.3 is 0 Å². The summed E-state index contributed by atoms with van der Waals surface area (Å²) in [6, 6.07) is 0. The minimum absolute atomic E-state index is 0.212. The minimum Gasteiger partial charge on any atom is -0.343 e. The molecule has 0 bridgehead atoms. The van der Waals surface area contributed by atoms with Crippen LogP contribution in [0.15, 0.2) is 0 Å². The molecule has 0 aromatic rings. The Hall–Kier alpha value is -0.0800. The summed E-state index contributed by atoms with van der Waals surface area (Å²) < 4.78 is 10.8. The molecule has 0 amide bonds. The number of hydrogen-bond donors (Lipinski definition) is 0. The maximum atomic E-state index is 5.40. The summed E-state index contributed by atoms with van der Waals surface area (Å²) in [7, 11) is 0. The van der Waals surface area contributed by atoms with Gasteiger partial charge in [-0.2, -0.15) is 0 Å². The van der Waals surface area contributed by atoms with Gasteiger partial charge in [0.2, 0.25) is 6.29 Å². The molecule has 1 radical (unpaired) electrons. The van der Waals surface area contributed by atoms with Crippen LogP contribution in [0.1, 0.15) is 41.0 Å². The molecule has 0 heterocycles. The summed E-state index contributed by atoms with van der Waals surface area (Å²) in [5.41, 5.74) is 0. The largest absolute Gasteiger partial charge is 0.343 e. The smallest absolute Gasteiger partial charge is 0.223 e. The molecule has 0 aliphatic heterocycles. The van der Waals surface area contributed by atoms with Crippen LogP contribution < -0.4 is 0 Å². The van der Waals surface area contributed by atoms with Crippen LogP contribution in [-0.4, -0.2) is 12.2 Å². The SMILES string of the molecule is CC[C](OC(C)C)OC(C)C. The molecule has 67 valence electrons. The molecule has 0 aliphatic rings. The van der Waals surface area contributed by atoms with Crippen molar-refractivity contribution in [1.29, 1.82) is 0 Å². The van der Waals surface area contributed by atoms with Crippen LogP contribution in [0.5, 0.6) is 0 Å². The zero-order valence-electron chi connectivity index (χ0n) is 8.18. The van der Waals surface area contributed by atoms with Crippen LogP contribution in [0.25, 0.3) is 0 Å². The maximum absolute atomic E-state index is 5.40. The molecule has 0 unspecified atom stereocenters. The van der Waals surface area contributed by atoms with E-state index in [2.05, 4.69) is 0 Å². The quantitative estimate of drug-likeness (QED) is 0.614. The Morgan fingerprint density at radius 2 is 1.36 bits per heavy atom. The Kier molecular flexibility index (Phi) is 5.51. The van der Waals surface area contributed by atoms with Gasteiger partial charge < -0.3 is 9.47 Å². The number of rotatable bonds is 5. The van der Waals surface area contributed by atoms with Gasteiger partial charge in [0.1, 0.15) is 0 Å². The van der Waals surface area contributed by atoms with Crippen molar-refractivity contribution in [1.82, 2.24) is 0 Å². The molecule has 0 fully saturated rings. The van der Waals surface area contributed by atoms with Crippen LogP contribution in [0.3, 0.4) is 0 Å². The van der Waals surface area contributed by atoms with E-state index in [9.17, 15) is 0 Å². The van der Waals surface area contributed by atoms with Crippen molar-refractivity contribution in [3.8, 4) is 0 Å². The predicted molar refractivity (Wildman–Crippen MR) is 46.0 cm³/mol. The fourth-order valence-corrected chi connectivity index (χ4v) is 0.720. The van der Waals surface area contributed by atoms with Crippen molar-refractivity contribution in [3.63, 3.8) is 0 Å². The minimum atomic E-state index is 0.212. The van der Waals surface area contributed by atoms with Crippen molar-refractivity contribution >= 4 is 0 Å². The van der Waals surface area contributed by atoms with Crippen molar-refractivity contribution in [2.75, 3.05) is 0 Å². The lowest BCUT2D eigenvalue weighted by Gasteiger charge is -2.19. The lowest BCUT2D eigenvalue weighted by atomic mass is 10.4. The van der Waals surface area contributed by atoms with Gasteiger partial charge in [-0.3, -0.25) is 0 Å². The van der Waals surface area contributed by atoms with Gasteiger partial charge in [0.25, 0.3) is 0 Å². The zero-order valence-corrected chi connectivity index (χ0v) is 8.18. The van der Waals surface area contributed by atoms with E-state index < -0.39 is 0 Å². The number of ether oxygens (including phenoxy) is 2. The van der Waals surface area contributed by atoms with Gasteiger partial charge in [0.05, 0.1) is 12.2 Å². The zero-order chi connectivity index (χ0) is 8.85. The molecule has 0 aromatic heterocycles. The van der Waals surface area contributed by atoms with E-state index in [-0.39, 0.29) is 12.2 Å². The topological polar surface area (TPSA) is 18.5 Å². The second kappa shape index (κ2) is 5.56. The summed E-state index contributed by atoms with van der Waals surface area (Å²) >= 11 is 0. The Balaban J connectivity index is 3.58. The predicted octanol–water partition coefficient (Wildman–Crippen LogP) is 2.74. The average molecular weight is 159 g/mol. The summed E-state index contributed by atoms with van der Waals surface area (Å²) in [6.07, 6.45) is 2.00. The third-order valence-electron chi connectivity index (χ3n) is 1.02. The molecule has 2 nitrogen and oxygen atoms in total. The number of hydrogen-bond acceptors (Lipinski definition) is 2. The molecular weight excluding hydrogens is 140 g/mol. The molecular formula is C9H19O2. The molecule has 0 saturated heterocycles. The van der Waals surface area contributed by atoms with Gasteiger partial charge in [-0.1, -0.05) is 6.92 Å². The van der Waals surface area contributed by atoms with Gasteiger partial charge in [0.15, 0.2) is 0 Å². The van der Waals surface area contributed by atoms with Crippen molar-refractivity contribution in [2.45, 2.75) is 53.2 Å². The fraction of sp³-hybridized carbons (Fsp3) is 0.889. The third-order valence-corrected chi connectivity index (χ3v) is 1.02. The molecule has 2 heteroatoms. The monoisotopic (exact) mass is 159 g/mol. The maximum Gasteiger partial charge on any atom is 0.223 e. The lowest BCUT2D eigenvalue weighted by Crippen LogP contribution is -2.16. The van der Waals surface area contributed by atoms with Crippen LogP contribution in [-0.2, 0) is 9.47 Å². The second-order valence-electron chi connectivity index (χ2n) is 3.06. The summed E-state index contributed by atoms with van der Waals surface area (Å²) in [5, 5.41) is 0. The van der Waals surface area contributed by atoms with E-state index in [1.165, 1.54) is 0 Å². The molecule has 0 aromatic carbocycles.